The number of hydrogen-bond acceptors (Lipinski definition) is 2. The number of nitrogens with one attached hydrogen (secondary N) is 1. The van der Waals surface area contributed by atoms with E-state index in [9.17, 15) is 4.79 Å². The molecule has 0 radical (unpaired) electrons. The van der Waals surface area contributed by atoms with Gasteiger partial charge in [-0.15, -0.1) is 0 Å². The predicted octanol–water partition coefficient (Wildman–Crippen LogP) is 5.12. The van der Waals surface area contributed by atoms with Gasteiger partial charge in [-0.25, -0.2) is 5.43 Å². The van der Waals surface area contributed by atoms with Gasteiger partial charge >= 0.3 is 0 Å². The minimum absolute atomic E-state index is 0.179. The van der Waals surface area contributed by atoms with Crippen molar-refractivity contribution in [3.8, 4) is 0 Å². The summed E-state index contributed by atoms with van der Waals surface area (Å²) in [5.74, 6) is -0.219. The lowest BCUT2D eigenvalue weighted by Crippen LogP contribution is -2.21. The van der Waals surface area contributed by atoms with Crippen LogP contribution in [0.25, 0.3) is 0 Å². The number of amides is 1. The quantitative estimate of drug-likeness (QED) is 0.577. The van der Waals surface area contributed by atoms with Crippen LogP contribution in [0.4, 0.5) is 0 Å². The van der Waals surface area contributed by atoms with Crippen LogP contribution in [0.1, 0.15) is 24.5 Å². The van der Waals surface area contributed by atoms with E-state index in [0.29, 0.717) is 21.5 Å². The maximum absolute atomic E-state index is 12.0. The number of carbonyl (C=O) groups excluding carboxylic acids is 1. The van der Waals surface area contributed by atoms with Crippen LogP contribution >= 0.6 is 34.8 Å². The van der Waals surface area contributed by atoms with Gasteiger partial charge in [-0.2, -0.15) is 5.10 Å². The lowest BCUT2D eigenvalue weighted by molar-refractivity contribution is -0.120. The molecule has 23 heavy (non-hydrogen) atoms. The van der Waals surface area contributed by atoms with E-state index in [2.05, 4.69) is 10.5 Å². The van der Waals surface area contributed by atoms with Crippen molar-refractivity contribution >= 4 is 46.4 Å². The number of hydrogen-bond donors (Lipinski definition) is 1. The Bertz CT molecular complexity index is 727. The Hall–Kier alpha value is -1.55. The summed E-state index contributed by atoms with van der Waals surface area (Å²) in [5, 5.41) is 5.74. The molecule has 0 aliphatic carbocycles. The Balaban J connectivity index is 2.03. The van der Waals surface area contributed by atoms with E-state index in [1.165, 1.54) is 0 Å². The third-order valence-corrected chi connectivity index (χ3v) is 4.17. The van der Waals surface area contributed by atoms with Crippen LogP contribution in [-0.2, 0) is 11.2 Å². The summed E-state index contributed by atoms with van der Waals surface area (Å²) in [6.07, 6.45) is 0.868. The van der Waals surface area contributed by atoms with Crippen LogP contribution in [-0.4, -0.2) is 11.6 Å². The third-order valence-electron chi connectivity index (χ3n) is 3.18. The second kappa shape index (κ2) is 8.34. The van der Waals surface area contributed by atoms with Gasteiger partial charge in [0.05, 0.1) is 22.2 Å². The highest BCUT2D eigenvalue weighted by atomic mass is 35.5. The molecule has 1 amide bonds. The molecule has 0 unspecified atom stereocenters. The number of benzene rings is 2. The number of nitrogens with zero attached hydrogens (tertiary/aromatic N) is 1. The lowest BCUT2D eigenvalue weighted by atomic mass is 10.1. The van der Waals surface area contributed by atoms with Gasteiger partial charge in [0.25, 0.3) is 0 Å². The number of hydrazone groups is 1. The molecule has 0 fully saturated rings. The van der Waals surface area contributed by atoms with E-state index < -0.39 is 0 Å². The van der Waals surface area contributed by atoms with Crippen molar-refractivity contribution in [1.82, 2.24) is 5.43 Å². The van der Waals surface area contributed by atoms with Crippen LogP contribution in [0.3, 0.4) is 0 Å². The summed E-state index contributed by atoms with van der Waals surface area (Å²) in [5.41, 5.74) is 5.05. The predicted molar refractivity (Wildman–Crippen MR) is 96.6 cm³/mol. The first-order valence-corrected chi connectivity index (χ1v) is 8.18. The smallest absolute Gasteiger partial charge is 0.244 e. The third kappa shape index (κ3) is 5.24. The van der Waals surface area contributed by atoms with Crippen LogP contribution in [0.15, 0.2) is 47.6 Å². The van der Waals surface area contributed by atoms with Crippen molar-refractivity contribution in [1.29, 1.82) is 0 Å². The Morgan fingerprint density at radius 3 is 2.35 bits per heavy atom. The molecule has 2 aromatic carbocycles. The number of halogens is 3. The normalized spacial score (nSPS) is 11.4. The van der Waals surface area contributed by atoms with Crippen molar-refractivity contribution < 1.29 is 4.79 Å². The maximum Gasteiger partial charge on any atom is 0.244 e. The minimum atomic E-state index is -0.219. The average Bonchev–Trinajstić information content (AvgIpc) is 2.53. The second-order valence-corrected chi connectivity index (χ2v) is 6.13. The fourth-order valence-corrected chi connectivity index (χ4v) is 2.44. The van der Waals surface area contributed by atoms with Crippen molar-refractivity contribution in [3.05, 3.63) is 68.7 Å². The molecule has 0 spiro atoms. The number of rotatable bonds is 5. The van der Waals surface area contributed by atoms with Gasteiger partial charge in [-0.05, 0) is 41.8 Å². The van der Waals surface area contributed by atoms with Gasteiger partial charge in [0.1, 0.15) is 0 Å². The Morgan fingerprint density at radius 2 is 1.74 bits per heavy atom. The molecule has 1 N–H and O–H groups in total. The molecular formula is C17H15Cl3N2O. The fourth-order valence-electron chi connectivity index (χ4n) is 1.99. The molecule has 0 heterocycles. The van der Waals surface area contributed by atoms with Crippen molar-refractivity contribution in [3.63, 3.8) is 0 Å². The van der Waals surface area contributed by atoms with Gasteiger partial charge in [0.15, 0.2) is 0 Å². The molecule has 0 saturated carbocycles. The molecule has 2 rings (SSSR count). The summed E-state index contributed by atoms with van der Waals surface area (Å²) in [4.78, 5) is 12.0. The largest absolute Gasteiger partial charge is 0.273 e. The Labute approximate surface area is 150 Å². The zero-order chi connectivity index (χ0) is 16.8. The molecule has 6 heteroatoms. The van der Waals surface area contributed by atoms with E-state index in [-0.39, 0.29) is 12.3 Å². The summed E-state index contributed by atoms with van der Waals surface area (Å²) >= 11 is 17.7. The number of carbonyl (C=O) groups is 1. The Kier molecular flexibility index (Phi) is 6.46. The van der Waals surface area contributed by atoms with E-state index in [1.807, 2.05) is 19.1 Å². The first kappa shape index (κ1) is 17.8. The molecule has 0 aliphatic rings. The fraction of sp³-hybridized carbons (Fsp3) is 0.176. The summed E-state index contributed by atoms with van der Waals surface area (Å²) in [6, 6.07) is 12.4. The van der Waals surface area contributed by atoms with Crippen molar-refractivity contribution in [2.75, 3.05) is 0 Å². The molecular weight excluding hydrogens is 355 g/mol. The zero-order valence-corrected chi connectivity index (χ0v) is 14.7. The first-order valence-electron chi connectivity index (χ1n) is 7.05. The SMILES string of the molecule is CC/C(=N\NC(=O)Cc1ccc(Cl)c(Cl)c1)c1ccc(Cl)cc1. The second-order valence-electron chi connectivity index (χ2n) is 4.88. The first-order chi connectivity index (χ1) is 11.0. The molecule has 0 aliphatic heterocycles. The van der Waals surface area contributed by atoms with Gasteiger partial charge in [-0.3, -0.25) is 4.79 Å². The van der Waals surface area contributed by atoms with Gasteiger partial charge < -0.3 is 0 Å². The van der Waals surface area contributed by atoms with Crippen LogP contribution in [0.2, 0.25) is 15.1 Å². The van der Waals surface area contributed by atoms with E-state index in [0.717, 1.165) is 16.8 Å². The van der Waals surface area contributed by atoms with Crippen LogP contribution in [0, 0.1) is 0 Å². The zero-order valence-electron chi connectivity index (χ0n) is 12.4. The molecule has 120 valence electrons. The summed E-state index contributed by atoms with van der Waals surface area (Å²) < 4.78 is 0. The molecule has 0 bridgehead atoms. The highest BCUT2D eigenvalue weighted by molar-refractivity contribution is 6.42. The standard InChI is InChI=1S/C17H15Cl3N2O/c1-2-16(12-4-6-13(18)7-5-12)21-22-17(23)10-11-3-8-14(19)15(20)9-11/h3-9H,2,10H2,1H3,(H,22,23)/b21-16+. The molecule has 0 atom stereocenters. The topological polar surface area (TPSA) is 41.5 Å². The molecule has 0 aromatic heterocycles. The van der Waals surface area contributed by atoms with E-state index >= 15 is 0 Å². The summed E-state index contributed by atoms with van der Waals surface area (Å²) in [6.45, 7) is 1.97. The maximum atomic E-state index is 12.0. The monoisotopic (exact) mass is 368 g/mol. The molecule has 3 nitrogen and oxygen atoms in total. The van der Waals surface area contributed by atoms with Crippen LogP contribution < -0.4 is 5.43 Å². The lowest BCUT2D eigenvalue weighted by Gasteiger charge is -2.06. The van der Waals surface area contributed by atoms with E-state index in [1.54, 1.807) is 30.3 Å². The van der Waals surface area contributed by atoms with Crippen molar-refractivity contribution in [2.24, 2.45) is 5.10 Å². The van der Waals surface area contributed by atoms with Gasteiger partial charge in [0.2, 0.25) is 5.91 Å². The summed E-state index contributed by atoms with van der Waals surface area (Å²) in [7, 11) is 0. The van der Waals surface area contributed by atoms with Crippen molar-refractivity contribution in [2.45, 2.75) is 19.8 Å². The Morgan fingerprint density at radius 1 is 1.04 bits per heavy atom. The van der Waals surface area contributed by atoms with Gasteiger partial charge in [-0.1, -0.05) is 59.9 Å². The minimum Gasteiger partial charge on any atom is -0.273 e. The average molecular weight is 370 g/mol. The molecule has 2 aromatic rings. The highest BCUT2D eigenvalue weighted by Gasteiger charge is 2.07. The highest BCUT2D eigenvalue weighted by Crippen LogP contribution is 2.22. The van der Waals surface area contributed by atoms with E-state index in [4.69, 9.17) is 34.8 Å². The van der Waals surface area contributed by atoms with Crippen LogP contribution in [0.5, 0.6) is 0 Å². The molecule has 0 saturated heterocycles. The van der Waals surface area contributed by atoms with Gasteiger partial charge in [0, 0.05) is 5.02 Å².